The van der Waals surface area contributed by atoms with Gasteiger partial charge in [0, 0.05) is 6.61 Å². The molecule has 0 spiro atoms. The highest BCUT2D eigenvalue weighted by atomic mass is 16.5. The van der Waals surface area contributed by atoms with Crippen LogP contribution in [0.25, 0.3) is 0 Å². The van der Waals surface area contributed by atoms with Gasteiger partial charge < -0.3 is 14.9 Å². The van der Waals surface area contributed by atoms with E-state index in [2.05, 4.69) is 0 Å². The van der Waals surface area contributed by atoms with Gasteiger partial charge >= 0.3 is 5.97 Å². The van der Waals surface area contributed by atoms with E-state index in [1.165, 1.54) is 0 Å². The molecule has 60 valence electrons. The molecule has 0 radical (unpaired) electrons. The fourth-order valence-electron chi connectivity index (χ4n) is 0.479. The van der Waals surface area contributed by atoms with E-state index in [0.29, 0.717) is 6.42 Å². The number of carboxylic acid groups (broad SMARTS) is 1. The zero-order valence-corrected chi connectivity index (χ0v) is 5.91. The molecular weight excluding hydrogens is 136 g/mol. The van der Waals surface area contributed by atoms with E-state index in [9.17, 15) is 4.79 Å². The highest BCUT2D eigenvalue weighted by Gasteiger charge is 2.03. The molecule has 0 bridgehead atoms. The van der Waals surface area contributed by atoms with Crippen LogP contribution in [0.1, 0.15) is 13.3 Å². The number of rotatable bonds is 5. The van der Waals surface area contributed by atoms with Crippen LogP contribution in [0.2, 0.25) is 0 Å². The molecule has 10 heavy (non-hydrogen) atoms. The number of hydrogen-bond acceptors (Lipinski definition) is 3. The molecule has 4 heteroatoms. The summed E-state index contributed by atoms with van der Waals surface area (Å²) in [6.07, 6.45) is 0.300. The summed E-state index contributed by atoms with van der Waals surface area (Å²) in [5.74, 6) is -0.982. The molecule has 0 amide bonds. The van der Waals surface area contributed by atoms with Gasteiger partial charge in [0.15, 0.2) is 0 Å². The van der Waals surface area contributed by atoms with Crippen LogP contribution in [0.4, 0.5) is 0 Å². The van der Waals surface area contributed by atoms with Crippen LogP contribution in [-0.4, -0.2) is 35.5 Å². The van der Waals surface area contributed by atoms with Crippen molar-refractivity contribution in [1.82, 2.24) is 0 Å². The molecule has 0 aliphatic rings. The van der Waals surface area contributed by atoms with Crippen LogP contribution in [0, 0.1) is 0 Å². The maximum absolute atomic E-state index is 9.92. The Hall–Kier alpha value is -0.610. The van der Waals surface area contributed by atoms with Gasteiger partial charge in [-0.25, -0.2) is 4.79 Å². The summed E-state index contributed by atoms with van der Waals surface area (Å²) >= 11 is 0. The summed E-state index contributed by atoms with van der Waals surface area (Å²) in [5, 5.41) is 16.5. The van der Waals surface area contributed by atoms with Crippen molar-refractivity contribution in [2.75, 3.05) is 13.2 Å². The molecular formula is C6H12O4. The summed E-state index contributed by atoms with van der Waals surface area (Å²) in [6, 6.07) is 0. The van der Waals surface area contributed by atoms with Crippen molar-refractivity contribution in [3.05, 3.63) is 0 Å². The maximum Gasteiger partial charge on any atom is 0.329 e. The van der Waals surface area contributed by atoms with Gasteiger partial charge in [-0.3, -0.25) is 0 Å². The van der Waals surface area contributed by atoms with Gasteiger partial charge in [0.25, 0.3) is 0 Å². The highest BCUT2D eigenvalue weighted by Crippen LogP contribution is 1.94. The average molecular weight is 148 g/mol. The third-order valence-electron chi connectivity index (χ3n) is 1.03. The molecule has 1 atom stereocenters. The van der Waals surface area contributed by atoms with Crippen LogP contribution in [-0.2, 0) is 9.53 Å². The minimum absolute atomic E-state index is 0.0286. The van der Waals surface area contributed by atoms with Crippen molar-refractivity contribution in [1.29, 1.82) is 0 Å². The number of ether oxygens (including phenoxy) is 1. The van der Waals surface area contributed by atoms with Gasteiger partial charge in [-0.05, 0) is 13.3 Å². The largest absolute Gasteiger partial charge is 0.480 e. The molecule has 0 aromatic heterocycles. The van der Waals surface area contributed by atoms with Crippen LogP contribution >= 0.6 is 0 Å². The third kappa shape index (κ3) is 5.53. The van der Waals surface area contributed by atoms with Gasteiger partial charge in [0.05, 0.1) is 6.10 Å². The lowest BCUT2D eigenvalue weighted by molar-refractivity contribution is -0.144. The van der Waals surface area contributed by atoms with Gasteiger partial charge in [0.2, 0.25) is 0 Å². The standard InChI is InChI=1S/C6H12O4/c1-5(2-3-7)10-4-6(8)9/h5,7H,2-4H2,1H3,(H,8,9)/t5-/m1/s1. The van der Waals surface area contributed by atoms with E-state index >= 15 is 0 Å². The first kappa shape index (κ1) is 9.39. The van der Waals surface area contributed by atoms with Crippen LogP contribution < -0.4 is 0 Å². The van der Waals surface area contributed by atoms with E-state index in [1.54, 1.807) is 6.92 Å². The Morgan fingerprint density at radius 2 is 2.30 bits per heavy atom. The van der Waals surface area contributed by atoms with E-state index < -0.39 is 5.97 Å². The predicted octanol–water partition coefficient (Wildman–Crippen LogP) is -0.142. The van der Waals surface area contributed by atoms with Crippen molar-refractivity contribution >= 4 is 5.97 Å². The summed E-state index contributed by atoms with van der Waals surface area (Å²) in [7, 11) is 0. The number of hydrogen-bond donors (Lipinski definition) is 2. The van der Waals surface area contributed by atoms with E-state index in [-0.39, 0.29) is 19.3 Å². The van der Waals surface area contributed by atoms with E-state index in [1.807, 2.05) is 0 Å². The molecule has 4 nitrogen and oxygen atoms in total. The van der Waals surface area contributed by atoms with E-state index in [0.717, 1.165) is 0 Å². The summed E-state index contributed by atoms with van der Waals surface area (Å²) in [5.41, 5.74) is 0. The summed E-state index contributed by atoms with van der Waals surface area (Å²) in [6.45, 7) is 1.46. The van der Waals surface area contributed by atoms with Crippen molar-refractivity contribution in [2.24, 2.45) is 0 Å². The molecule has 0 rings (SSSR count). The van der Waals surface area contributed by atoms with Crippen LogP contribution in [0.15, 0.2) is 0 Å². The molecule has 2 N–H and O–H groups in total. The lowest BCUT2D eigenvalue weighted by Gasteiger charge is -2.08. The minimum atomic E-state index is -0.982. The molecule has 0 saturated heterocycles. The summed E-state index contributed by atoms with van der Waals surface area (Å²) < 4.78 is 4.78. The normalized spacial score (nSPS) is 13.0. The topological polar surface area (TPSA) is 66.8 Å². The third-order valence-corrected chi connectivity index (χ3v) is 1.03. The number of aliphatic carboxylic acids is 1. The van der Waals surface area contributed by atoms with Gasteiger partial charge in [-0.2, -0.15) is 0 Å². The first-order chi connectivity index (χ1) is 4.66. The quantitative estimate of drug-likeness (QED) is 0.569. The fraction of sp³-hybridized carbons (Fsp3) is 0.833. The fourth-order valence-corrected chi connectivity index (χ4v) is 0.479. The second-order valence-electron chi connectivity index (χ2n) is 2.03. The number of carboxylic acids is 1. The van der Waals surface area contributed by atoms with Gasteiger partial charge in [-0.1, -0.05) is 0 Å². The Morgan fingerprint density at radius 1 is 1.70 bits per heavy atom. The van der Waals surface area contributed by atoms with Crippen molar-refractivity contribution in [3.63, 3.8) is 0 Å². The Balaban J connectivity index is 3.21. The highest BCUT2D eigenvalue weighted by molar-refractivity contribution is 5.68. The van der Waals surface area contributed by atoms with Crippen LogP contribution in [0.3, 0.4) is 0 Å². The van der Waals surface area contributed by atoms with Gasteiger partial charge in [0.1, 0.15) is 6.61 Å². The van der Waals surface area contributed by atoms with Crippen molar-refractivity contribution in [3.8, 4) is 0 Å². The predicted molar refractivity (Wildman–Crippen MR) is 34.8 cm³/mol. The molecule has 0 aromatic carbocycles. The van der Waals surface area contributed by atoms with Crippen molar-refractivity contribution < 1.29 is 19.7 Å². The smallest absolute Gasteiger partial charge is 0.329 e. The van der Waals surface area contributed by atoms with E-state index in [4.69, 9.17) is 14.9 Å². The number of aliphatic hydroxyl groups excluding tert-OH is 1. The first-order valence-corrected chi connectivity index (χ1v) is 3.11. The first-order valence-electron chi connectivity index (χ1n) is 3.11. The Bertz CT molecular complexity index is 102. The lowest BCUT2D eigenvalue weighted by atomic mass is 10.3. The monoisotopic (exact) mass is 148 g/mol. The number of aliphatic hydroxyl groups is 1. The minimum Gasteiger partial charge on any atom is -0.480 e. The number of carbonyl (C=O) groups is 1. The molecule has 0 saturated carbocycles. The molecule has 0 unspecified atom stereocenters. The average Bonchev–Trinajstić information content (AvgIpc) is 1.85. The molecule has 0 heterocycles. The molecule has 0 aliphatic heterocycles. The lowest BCUT2D eigenvalue weighted by Crippen LogP contribution is -2.16. The Morgan fingerprint density at radius 3 is 2.70 bits per heavy atom. The molecule has 0 aromatic rings. The second-order valence-corrected chi connectivity index (χ2v) is 2.03. The molecule has 0 aliphatic carbocycles. The molecule has 0 fully saturated rings. The zero-order valence-electron chi connectivity index (χ0n) is 5.91. The van der Waals surface area contributed by atoms with Gasteiger partial charge in [-0.15, -0.1) is 0 Å². The second kappa shape index (κ2) is 5.20. The van der Waals surface area contributed by atoms with Crippen molar-refractivity contribution in [2.45, 2.75) is 19.4 Å². The Kier molecular flexibility index (Phi) is 4.88. The SMILES string of the molecule is C[C@H](CCO)OCC(=O)O. The van der Waals surface area contributed by atoms with Crippen LogP contribution in [0.5, 0.6) is 0 Å². The maximum atomic E-state index is 9.92. The zero-order chi connectivity index (χ0) is 7.98. The summed E-state index contributed by atoms with van der Waals surface area (Å²) in [4.78, 5) is 9.92. The Labute approximate surface area is 59.4 Å².